The Hall–Kier alpha value is -2.31. The van der Waals surface area contributed by atoms with E-state index < -0.39 is 51.2 Å². The van der Waals surface area contributed by atoms with Crippen LogP contribution >= 0.6 is 27.5 Å². The average molecular weight is 627 g/mol. The lowest BCUT2D eigenvalue weighted by Gasteiger charge is -2.32. The van der Waals surface area contributed by atoms with E-state index >= 15 is 0 Å². The molecule has 13 heteroatoms. The van der Waals surface area contributed by atoms with Crippen molar-refractivity contribution in [1.29, 1.82) is 0 Å². The van der Waals surface area contributed by atoms with Crippen LogP contribution in [-0.2, 0) is 32.3 Å². The number of sulfonamides is 1. The summed E-state index contributed by atoms with van der Waals surface area (Å²) in [5.74, 6) is -1.22. The second-order valence-electron chi connectivity index (χ2n) is 8.57. The summed E-state index contributed by atoms with van der Waals surface area (Å²) in [5, 5.41) is 2.19. The molecule has 0 heterocycles. The van der Waals surface area contributed by atoms with Crippen LogP contribution in [0.2, 0.25) is 5.02 Å². The summed E-state index contributed by atoms with van der Waals surface area (Å²) in [6, 6.07) is 8.38. The third kappa shape index (κ3) is 8.61. The number of nitrogens with one attached hydrogen (secondary N) is 1. The van der Waals surface area contributed by atoms with Gasteiger partial charge in [-0.1, -0.05) is 46.6 Å². The molecule has 0 spiro atoms. The molecule has 0 saturated carbocycles. The molecule has 2 unspecified atom stereocenters. The molecule has 0 bridgehead atoms. The molecule has 0 aliphatic carbocycles. The summed E-state index contributed by atoms with van der Waals surface area (Å²) >= 11 is 9.00. The van der Waals surface area contributed by atoms with Crippen LogP contribution in [0.1, 0.15) is 38.3 Å². The maximum atomic E-state index is 13.5. The molecule has 0 fully saturated rings. The number of carbonyl (C=O) groups excluding carboxylic acids is 2. The van der Waals surface area contributed by atoms with Gasteiger partial charge < -0.3 is 10.2 Å². The second-order valence-corrected chi connectivity index (χ2v) is 11.8. The molecule has 2 aromatic rings. The lowest BCUT2D eigenvalue weighted by atomic mass is 10.1. The Bertz CT molecular complexity index is 1230. The van der Waals surface area contributed by atoms with E-state index in [0.29, 0.717) is 22.4 Å². The van der Waals surface area contributed by atoms with E-state index in [0.717, 1.165) is 22.9 Å². The van der Waals surface area contributed by atoms with Crippen molar-refractivity contribution < 1.29 is 31.2 Å². The summed E-state index contributed by atoms with van der Waals surface area (Å²) in [5.41, 5.74) is -0.954. The molecule has 37 heavy (non-hydrogen) atoms. The third-order valence-electron chi connectivity index (χ3n) is 5.66. The van der Waals surface area contributed by atoms with Crippen LogP contribution in [0.4, 0.5) is 18.9 Å². The van der Waals surface area contributed by atoms with Crippen LogP contribution < -0.4 is 9.62 Å². The monoisotopic (exact) mass is 625 g/mol. The van der Waals surface area contributed by atoms with Crippen molar-refractivity contribution in [2.45, 2.75) is 52.0 Å². The van der Waals surface area contributed by atoms with Crippen molar-refractivity contribution in [3.05, 3.63) is 63.1 Å². The van der Waals surface area contributed by atoms with E-state index in [1.165, 1.54) is 11.8 Å². The van der Waals surface area contributed by atoms with E-state index in [4.69, 9.17) is 11.6 Å². The van der Waals surface area contributed by atoms with E-state index in [2.05, 4.69) is 21.2 Å². The highest BCUT2D eigenvalue weighted by Crippen LogP contribution is 2.37. The van der Waals surface area contributed by atoms with E-state index in [-0.39, 0.29) is 18.3 Å². The molecule has 0 radical (unpaired) electrons. The Balaban J connectivity index is 2.47. The van der Waals surface area contributed by atoms with Gasteiger partial charge in [-0.25, -0.2) is 8.42 Å². The lowest BCUT2D eigenvalue weighted by Crippen LogP contribution is -2.52. The summed E-state index contributed by atoms with van der Waals surface area (Å²) in [6.45, 7) is 4.33. The zero-order valence-corrected chi connectivity index (χ0v) is 23.8. The average Bonchev–Trinajstić information content (AvgIpc) is 2.80. The summed E-state index contributed by atoms with van der Waals surface area (Å²) in [4.78, 5) is 27.5. The molecule has 0 aromatic heterocycles. The molecule has 0 aliphatic rings. The molecule has 204 valence electrons. The van der Waals surface area contributed by atoms with Gasteiger partial charge in [-0.2, -0.15) is 13.2 Å². The normalized spacial score (nSPS) is 13.5. The maximum Gasteiger partial charge on any atom is 0.417 e. The molecular weight excluding hydrogens is 599 g/mol. The first-order valence-electron chi connectivity index (χ1n) is 11.2. The number of rotatable bonds is 10. The van der Waals surface area contributed by atoms with E-state index in [1.807, 2.05) is 6.92 Å². The van der Waals surface area contributed by atoms with Crippen LogP contribution in [0.3, 0.4) is 0 Å². The van der Waals surface area contributed by atoms with Gasteiger partial charge in [0.1, 0.15) is 12.6 Å². The topological polar surface area (TPSA) is 86.8 Å². The molecular formula is C24H28BrClF3N3O4S. The number of hydrogen-bond donors (Lipinski definition) is 1. The number of nitrogens with zero attached hydrogens (tertiary/aromatic N) is 2. The summed E-state index contributed by atoms with van der Waals surface area (Å²) in [6.07, 6.45) is -3.41. The first-order chi connectivity index (χ1) is 17.0. The molecule has 1 N–H and O–H groups in total. The number of halogens is 5. The minimum absolute atomic E-state index is 0.0345. The van der Waals surface area contributed by atoms with Gasteiger partial charge in [-0.3, -0.25) is 13.9 Å². The van der Waals surface area contributed by atoms with Gasteiger partial charge in [0, 0.05) is 17.1 Å². The van der Waals surface area contributed by atoms with Crippen LogP contribution in [0.5, 0.6) is 0 Å². The zero-order valence-electron chi connectivity index (χ0n) is 20.6. The number of alkyl halides is 3. The largest absolute Gasteiger partial charge is 0.417 e. The Labute approximate surface area is 228 Å². The lowest BCUT2D eigenvalue weighted by molar-refractivity contribution is -0.139. The minimum atomic E-state index is -4.84. The first kappa shape index (κ1) is 30.9. The molecule has 0 saturated heterocycles. The van der Waals surface area contributed by atoms with Crippen molar-refractivity contribution in [1.82, 2.24) is 10.2 Å². The molecule has 2 rings (SSSR count). The number of carbonyl (C=O) groups is 2. The van der Waals surface area contributed by atoms with E-state index in [9.17, 15) is 31.2 Å². The Morgan fingerprint density at radius 3 is 2.22 bits per heavy atom. The minimum Gasteiger partial charge on any atom is -0.352 e. The van der Waals surface area contributed by atoms with E-state index in [1.54, 1.807) is 31.2 Å². The molecule has 2 atom stereocenters. The first-order valence-corrected chi connectivity index (χ1v) is 14.2. The fourth-order valence-corrected chi connectivity index (χ4v) is 4.66. The van der Waals surface area contributed by atoms with Gasteiger partial charge in [0.05, 0.1) is 22.5 Å². The number of benzene rings is 2. The van der Waals surface area contributed by atoms with Crippen molar-refractivity contribution in [3.63, 3.8) is 0 Å². The quantitative estimate of drug-likeness (QED) is 0.392. The van der Waals surface area contributed by atoms with Gasteiger partial charge in [-0.05, 0) is 56.2 Å². The van der Waals surface area contributed by atoms with Crippen LogP contribution in [0, 0.1) is 0 Å². The van der Waals surface area contributed by atoms with Crippen LogP contribution in [-0.4, -0.2) is 50.0 Å². The standard InChI is InChI=1S/C24H28BrClF3N3O4S/c1-5-15(2)30-23(34)16(3)31(13-17-6-8-18(25)9-7-17)22(33)14-32(37(4,35)36)19-10-11-21(26)20(12-19)24(27,28)29/h6-12,15-16H,5,13-14H2,1-4H3,(H,30,34). The van der Waals surface area contributed by atoms with Crippen LogP contribution in [0.15, 0.2) is 46.9 Å². The van der Waals surface area contributed by atoms with Crippen molar-refractivity contribution >= 4 is 55.1 Å². The highest BCUT2D eigenvalue weighted by molar-refractivity contribution is 9.10. The highest BCUT2D eigenvalue weighted by atomic mass is 79.9. The maximum absolute atomic E-state index is 13.5. The Kier molecular flexibility index (Phi) is 10.4. The summed E-state index contributed by atoms with van der Waals surface area (Å²) in [7, 11) is -4.20. The molecule has 2 aromatic carbocycles. The summed E-state index contributed by atoms with van der Waals surface area (Å²) < 4.78 is 66.7. The fourth-order valence-electron chi connectivity index (χ4n) is 3.33. The van der Waals surface area contributed by atoms with Gasteiger partial charge in [0.2, 0.25) is 21.8 Å². The van der Waals surface area contributed by atoms with Crippen molar-refractivity contribution in [3.8, 4) is 0 Å². The SMILES string of the molecule is CCC(C)NC(=O)C(C)N(Cc1ccc(Br)cc1)C(=O)CN(c1ccc(Cl)c(C(F)(F)F)c1)S(C)(=O)=O. The van der Waals surface area contributed by atoms with Gasteiger partial charge >= 0.3 is 6.18 Å². The van der Waals surface area contributed by atoms with Gasteiger partial charge in [0.15, 0.2) is 0 Å². The predicted molar refractivity (Wildman–Crippen MR) is 141 cm³/mol. The molecule has 2 amide bonds. The fraction of sp³-hybridized carbons (Fsp3) is 0.417. The zero-order chi connectivity index (χ0) is 28.1. The Morgan fingerprint density at radius 1 is 1.11 bits per heavy atom. The second kappa shape index (κ2) is 12.5. The van der Waals surface area contributed by atoms with Gasteiger partial charge in [0.25, 0.3) is 0 Å². The van der Waals surface area contributed by atoms with Crippen LogP contribution in [0.25, 0.3) is 0 Å². The van der Waals surface area contributed by atoms with Crippen molar-refractivity contribution in [2.75, 3.05) is 17.1 Å². The predicted octanol–water partition coefficient (Wildman–Crippen LogP) is 5.22. The molecule has 7 nitrogen and oxygen atoms in total. The number of amides is 2. The third-order valence-corrected chi connectivity index (χ3v) is 7.66. The highest BCUT2D eigenvalue weighted by Gasteiger charge is 2.35. The number of anilines is 1. The Morgan fingerprint density at radius 2 is 1.70 bits per heavy atom. The molecule has 0 aliphatic heterocycles. The number of hydrogen-bond acceptors (Lipinski definition) is 4. The smallest absolute Gasteiger partial charge is 0.352 e. The van der Waals surface area contributed by atoms with Gasteiger partial charge in [-0.15, -0.1) is 0 Å². The van der Waals surface area contributed by atoms with Crippen molar-refractivity contribution in [2.24, 2.45) is 0 Å².